The summed E-state index contributed by atoms with van der Waals surface area (Å²) in [5, 5.41) is 18.8. The van der Waals surface area contributed by atoms with Gasteiger partial charge in [0.1, 0.15) is 0 Å². The van der Waals surface area contributed by atoms with Gasteiger partial charge < -0.3 is 10.2 Å². The van der Waals surface area contributed by atoms with Crippen LogP contribution >= 0.6 is 0 Å². The summed E-state index contributed by atoms with van der Waals surface area (Å²) < 4.78 is 0. The van der Waals surface area contributed by atoms with Gasteiger partial charge in [0.25, 0.3) is 0 Å². The zero-order valence-corrected chi connectivity index (χ0v) is 16.4. The number of hydrogen-bond donors (Lipinski definition) is 2. The van der Waals surface area contributed by atoms with Gasteiger partial charge in [-0.25, -0.2) is 0 Å². The van der Waals surface area contributed by atoms with Crippen molar-refractivity contribution >= 4 is 11.8 Å². The zero-order chi connectivity index (χ0) is 19.4. The molecule has 4 heteroatoms. The predicted octanol–water partition coefficient (Wildman–Crippen LogP) is 4.92. The van der Waals surface area contributed by atoms with Gasteiger partial charge in [0.05, 0.1) is 6.10 Å². The van der Waals surface area contributed by atoms with Gasteiger partial charge >= 0.3 is 5.97 Å². The summed E-state index contributed by atoms with van der Waals surface area (Å²) in [5.74, 6) is 0.0124. The number of carbonyl (C=O) groups is 2. The lowest BCUT2D eigenvalue weighted by Gasteiger charge is -2.17. The van der Waals surface area contributed by atoms with Gasteiger partial charge in [-0.3, -0.25) is 9.59 Å². The Balaban J connectivity index is 2.33. The largest absolute Gasteiger partial charge is 0.481 e. The molecule has 0 fully saturated rings. The van der Waals surface area contributed by atoms with E-state index in [1.807, 2.05) is 18.2 Å². The molecule has 26 heavy (non-hydrogen) atoms. The van der Waals surface area contributed by atoms with E-state index in [1.165, 1.54) is 12.8 Å². The number of carboxylic acids is 1. The third kappa shape index (κ3) is 9.33. The Labute approximate surface area is 158 Å². The summed E-state index contributed by atoms with van der Waals surface area (Å²) >= 11 is 0. The first-order valence-corrected chi connectivity index (χ1v) is 10.2. The molecule has 0 saturated heterocycles. The van der Waals surface area contributed by atoms with E-state index in [2.05, 4.69) is 13.8 Å². The average Bonchev–Trinajstić information content (AvgIpc) is 2.94. The highest BCUT2D eigenvalue weighted by atomic mass is 16.4. The number of unbranched alkanes of at least 4 members (excludes halogenated alkanes) is 4. The second-order valence-electron chi connectivity index (χ2n) is 7.73. The predicted molar refractivity (Wildman–Crippen MR) is 105 cm³/mol. The summed E-state index contributed by atoms with van der Waals surface area (Å²) in [6.07, 6.45) is 15.9. The highest BCUT2D eigenvalue weighted by molar-refractivity contribution is 5.94. The summed E-state index contributed by atoms with van der Waals surface area (Å²) in [6, 6.07) is 0. The Morgan fingerprint density at radius 2 is 1.96 bits per heavy atom. The molecule has 0 aromatic rings. The van der Waals surface area contributed by atoms with E-state index in [-0.39, 0.29) is 24.0 Å². The fraction of sp³-hybridized carbons (Fsp3) is 0.727. The number of aliphatic hydroxyl groups is 1. The van der Waals surface area contributed by atoms with E-state index >= 15 is 0 Å². The Morgan fingerprint density at radius 3 is 2.65 bits per heavy atom. The Bertz CT molecular complexity index is 481. The zero-order valence-electron chi connectivity index (χ0n) is 16.4. The maximum Gasteiger partial charge on any atom is 0.303 e. The number of rotatable bonds is 14. The lowest BCUT2D eigenvalue weighted by Crippen LogP contribution is -2.15. The van der Waals surface area contributed by atoms with Crippen molar-refractivity contribution in [2.75, 3.05) is 0 Å². The van der Waals surface area contributed by atoms with Crippen molar-refractivity contribution in [2.45, 2.75) is 84.2 Å². The molecular weight excluding hydrogens is 328 g/mol. The standard InChI is InChI=1S/C22H36O4/c1-3-4-9-17(2)16-19(23)14-12-18-13-15-21(24)20(18)10-7-5-6-8-11-22(25)26/h12-15,17-20,23H,3-11,16H2,1-2H3,(H,25,26)/t17-,18-,19+,20+/m0/s1. The van der Waals surface area contributed by atoms with E-state index in [4.69, 9.17) is 5.11 Å². The third-order valence-corrected chi connectivity index (χ3v) is 5.22. The van der Waals surface area contributed by atoms with Gasteiger partial charge in [0.15, 0.2) is 5.78 Å². The molecule has 0 amide bonds. The molecule has 0 aliphatic heterocycles. The summed E-state index contributed by atoms with van der Waals surface area (Å²) in [6.45, 7) is 4.36. The van der Waals surface area contributed by atoms with Gasteiger partial charge in [-0.05, 0) is 31.3 Å². The second kappa shape index (κ2) is 12.9. The smallest absolute Gasteiger partial charge is 0.303 e. The van der Waals surface area contributed by atoms with Gasteiger partial charge in [-0.15, -0.1) is 0 Å². The molecule has 0 unspecified atom stereocenters. The molecule has 148 valence electrons. The van der Waals surface area contributed by atoms with Gasteiger partial charge in [-0.1, -0.05) is 70.6 Å². The van der Waals surface area contributed by atoms with Crippen LogP contribution in [0, 0.1) is 17.8 Å². The first kappa shape index (κ1) is 22.6. The monoisotopic (exact) mass is 364 g/mol. The molecule has 0 saturated carbocycles. The molecule has 1 aliphatic rings. The fourth-order valence-electron chi connectivity index (χ4n) is 3.60. The number of allylic oxidation sites excluding steroid dienone is 3. The molecule has 0 aromatic heterocycles. The number of ketones is 1. The van der Waals surface area contributed by atoms with E-state index in [0.29, 0.717) is 12.3 Å². The first-order valence-electron chi connectivity index (χ1n) is 10.2. The molecule has 0 bridgehead atoms. The van der Waals surface area contributed by atoms with Crippen LogP contribution in [0.1, 0.15) is 78.1 Å². The van der Waals surface area contributed by atoms with E-state index in [9.17, 15) is 14.7 Å². The highest BCUT2D eigenvalue weighted by Crippen LogP contribution is 2.29. The Morgan fingerprint density at radius 1 is 1.23 bits per heavy atom. The van der Waals surface area contributed by atoms with Crippen molar-refractivity contribution in [1.82, 2.24) is 0 Å². The first-order chi connectivity index (χ1) is 12.4. The van der Waals surface area contributed by atoms with Crippen molar-refractivity contribution in [3.63, 3.8) is 0 Å². The normalized spacial score (nSPS) is 22.2. The molecule has 4 atom stereocenters. The van der Waals surface area contributed by atoms with Crippen molar-refractivity contribution in [3.8, 4) is 0 Å². The molecule has 0 radical (unpaired) electrons. The van der Waals surface area contributed by atoms with Gasteiger partial charge in [-0.2, -0.15) is 0 Å². The van der Waals surface area contributed by atoms with Crippen LogP contribution in [-0.2, 0) is 9.59 Å². The quantitative estimate of drug-likeness (QED) is 0.339. The minimum atomic E-state index is -0.743. The van der Waals surface area contributed by atoms with Crippen LogP contribution in [0.25, 0.3) is 0 Å². The second-order valence-corrected chi connectivity index (χ2v) is 7.73. The molecule has 1 aliphatic carbocycles. The highest BCUT2D eigenvalue weighted by Gasteiger charge is 2.27. The molecular formula is C22H36O4. The average molecular weight is 365 g/mol. The van der Waals surface area contributed by atoms with Crippen LogP contribution in [-0.4, -0.2) is 28.1 Å². The summed E-state index contributed by atoms with van der Waals surface area (Å²) in [5.41, 5.74) is 0. The van der Waals surface area contributed by atoms with Crippen molar-refractivity contribution in [2.24, 2.45) is 17.8 Å². The molecule has 0 aromatic carbocycles. The Hall–Kier alpha value is -1.42. The van der Waals surface area contributed by atoms with E-state index < -0.39 is 12.1 Å². The van der Waals surface area contributed by atoms with Gasteiger partial charge in [0.2, 0.25) is 0 Å². The minimum absolute atomic E-state index is 0.0181. The van der Waals surface area contributed by atoms with Crippen LogP contribution in [0.2, 0.25) is 0 Å². The third-order valence-electron chi connectivity index (χ3n) is 5.22. The maximum atomic E-state index is 12.1. The topological polar surface area (TPSA) is 74.6 Å². The van der Waals surface area contributed by atoms with E-state index in [1.54, 1.807) is 6.08 Å². The van der Waals surface area contributed by atoms with Gasteiger partial charge in [0, 0.05) is 18.3 Å². The van der Waals surface area contributed by atoms with Crippen molar-refractivity contribution in [1.29, 1.82) is 0 Å². The Kier molecular flexibility index (Phi) is 11.2. The van der Waals surface area contributed by atoms with Crippen LogP contribution in [0.15, 0.2) is 24.3 Å². The minimum Gasteiger partial charge on any atom is -0.481 e. The van der Waals surface area contributed by atoms with E-state index in [0.717, 1.165) is 38.5 Å². The molecule has 0 spiro atoms. The maximum absolute atomic E-state index is 12.1. The molecule has 2 N–H and O–H groups in total. The SMILES string of the molecule is CCCC[C@H](C)C[C@H](O)C=C[C@H]1C=CC(=O)[C@@H]1CCCCCCC(=O)O. The fourth-order valence-corrected chi connectivity index (χ4v) is 3.60. The summed E-state index contributed by atoms with van der Waals surface area (Å²) in [7, 11) is 0. The number of hydrogen-bond acceptors (Lipinski definition) is 3. The van der Waals surface area contributed by atoms with Crippen molar-refractivity contribution in [3.05, 3.63) is 24.3 Å². The molecule has 4 nitrogen and oxygen atoms in total. The molecule has 0 heterocycles. The molecule has 1 rings (SSSR count). The van der Waals surface area contributed by atoms with Crippen LogP contribution in [0.5, 0.6) is 0 Å². The van der Waals surface area contributed by atoms with Crippen LogP contribution in [0.3, 0.4) is 0 Å². The number of aliphatic carboxylic acids is 1. The number of aliphatic hydroxyl groups excluding tert-OH is 1. The lowest BCUT2D eigenvalue weighted by molar-refractivity contribution is -0.137. The van der Waals surface area contributed by atoms with Crippen molar-refractivity contribution < 1.29 is 19.8 Å². The van der Waals surface area contributed by atoms with Crippen LogP contribution < -0.4 is 0 Å². The number of carboxylic acid groups (broad SMARTS) is 1. The lowest BCUT2D eigenvalue weighted by atomic mass is 9.88. The van der Waals surface area contributed by atoms with Crippen LogP contribution in [0.4, 0.5) is 0 Å². The summed E-state index contributed by atoms with van der Waals surface area (Å²) in [4.78, 5) is 22.6. The number of carbonyl (C=O) groups excluding carboxylic acids is 1.